The number of methoxy groups -OCH3 is 1. The Hall–Kier alpha value is -3.35. The Balaban J connectivity index is 1.22. The van der Waals surface area contributed by atoms with E-state index in [0.29, 0.717) is 58.2 Å². The van der Waals surface area contributed by atoms with Crippen LogP contribution in [0.2, 0.25) is 0 Å². The Morgan fingerprint density at radius 3 is 2.31 bits per heavy atom. The topological polar surface area (TPSA) is 100 Å². The van der Waals surface area contributed by atoms with Crippen LogP contribution >= 0.6 is 0 Å². The fourth-order valence-electron chi connectivity index (χ4n) is 6.59. The summed E-state index contributed by atoms with van der Waals surface area (Å²) >= 11 is 0. The molecular weight excluding hydrogens is 576 g/mol. The Kier molecular flexibility index (Phi) is 9.95. The summed E-state index contributed by atoms with van der Waals surface area (Å²) in [6, 6.07) is 7.85. The number of fused-ring (bicyclic) bond motifs is 1. The number of piperazine rings is 2. The van der Waals surface area contributed by atoms with Crippen molar-refractivity contribution in [1.29, 1.82) is 0 Å². The standard InChI is InChI=1S/C33H50N6O6/c1-23-18-38(26(19-37-14-15-44-22-24(37)2)20-39(23)32(42)45-33(3,4)5)21-30(40)35-10-12-36(13-11-35)31(41)29-16-25-8-9-27(43-7)17-28(25)34(29)6/h8-9,16-17,23-24,26H,10-15,18-22H2,1-7H3/t23-,24-,26+/m1/s1. The third-order valence-electron chi connectivity index (χ3n) is 9.26. The largest absolute Gasteiger partial charge is 0.497 e. The van der Waals surface area contributed by atoms with Crippen LogP contribution in [0.1, 0.15) is 45.1 Å². The zero-order chi connectivity index (χ0) is 32.5. The van der Waals surface area contributed by atoms with E-state index in [1.54, 1.807) is 7.11 Å². The van der Waals surface area contributed by atoms with E-state index >= 15 is 0 Å². The fraction of sp³-hybridized carbons (Fsp3) is 0.667. The van der Waals surface area contributed by atoms with Gasteiger partial charge in [-0.05, 0) is 52.8 Å². The van der Waals surface area contributed by atoms with Gasteiger partial charge in [0, 0.05) is 89.0 Å². The van der Waals surface area contributed by atoms with Gasteiger partial charge in [0.15, 0.2) is 0 Å². The Bertz CT molecular complexity index is 1380. The van der Waals surface area contributed by atoms with Crippen LogP contribution in [0.25, 0.3) is 10.9 Å². The molecule has 1 aromatic heterocycles. The monoisotopic (exact) mass is 626 g/mol. The van der Waals surface area contributed by atoms with Gasteiger partial charge in [-0.15, -0.1) is 0 Å². The molecule has 0 aliphatic carbocycles. The van der Waals surface area contributed by atoms with Gasteiger partial charge in [-0.25, -0.2) is 4.79 Å². The van der Waals surface area contributed by atoms with Crippen LogP contribution in [0.4, 0.5) is 4.79 Å². The number of hydrogen-bond acceptors (Lipinski definition) is 8. The van der Waals surface area contributed by atoms with Crippen LogP contribution in [0.3, 0.4) is 0 Å². The molecule has 5 rings (SSSR count). The van der Waals surface area contributed by atoms with Crippen molar-refractivity contribution in [2.24, 2.45) is 7.05 Å². The Labute approximate surface area is 266 Å². The van der Waals surface area contributed by atoms with Crippen molar-refractivity contribution >= 4 is 28.8 Å². The van der Waals surface area contributed by atoms with Gasteiger partial charge in [-0.1, -0.05) is 0 Å². The summed E-state index contributed by atoms with van der Waals surface area (Å²) in [5.41, 5.74) is 0.978. The van der Waals surface area contributed by atoms with Crippen molar-refractivity contribution in [3.05, 3.63) is 30.0 Å². The van der Waals surface area contributed by atoms with Crippen LogP contribution in [0.15, 0.2) is 24.3 Å². The molecule has 4 heterocycles. The number of benzene rings is 1. The molecule has 1 aromatic carbocycles. The lowest BCUT2D eigenvalue weighted by molar-refractivity contribution is -0.136. The van der Waals surface area contributed by atoms with Crippen LogP contribution in [0.5, 0.6) is 5.75 Å². The number of rotatable bonds is 6. The van der Waals surface area contributed by atoms with Crippen molar-refractivity contribution in [2.45, 2.75) is 58.3 Å². The summed E-state index contributed by atoms with van der Waals surface area (Å²) in [5, 5.41) is 0.984. The average Bonchev–Trinajstić information content (AvgIpc) is 3.33. The number of aromatic nitrogens is 1. The minimum atomic E-state index is -0.580. The SMILES string of the molecule is COc1ccc2cc(C(=O)N3CCN(C(=O)CN4C[C@@H](C)N(C(=O)OC(C)(C)C)C[C@@H]4CN4CCOC[C@H]4C)CC3)n(C)c2c1. The molecule has 12 nitrogen and oxygen atoms in total. The second kappa shape index (κ2) is 13.6. The van der Waals surface area contributed by atoms with Gasteiger partial charge >= 0.3 is 6.09 Å². The summed E-state index contributed by atoms with van der Waals surface area (Å²) in [6.07, 6.45) is -0.313. The number of carbonyl (C=O) groups is 3. The Morgan fingerprint density at radius 2 is 1.64 bits per heavy atom. The quantitative estimate of drug-likeness (QED) is 0.483. The van der Waals surface area contributed by atoms with Crippen molar-refractivity contribution in [2.75, 3.05) is 79.2 Å². The van der Waals surface area contributed by atoms with E-state index in [1.165, 1.54) is 0 Å². The molecule has 0 radical (unpaired) electrons. The fourth-order valence-corrected chi connectivity index (χ4v) is 6.59. The molecule has 45 heavy (non-hydrogen) atoms. The van der Waals surface area contributed by atoms with Gasteiger partial charge < -0.3 is 33.5 Å². The van der Waals surface area contributed by atoms with Gasteiger partial charge in [0.1, 0.15) is 17.0 Å². The third-order valence-corrected chi connectivity index (χ3v) is 9.26. The first-order valence-electron chi connectivity index (χ1n) is 16.1. The lowest BCUT2D eigenvalue weighted by Crippen LogP contribution is -2.64. The van der Waals surface area contributed by atoms with E-state index in [9.17, 15) is 14.4 Å². The van der Waals surface area contributed by atoms with Crippen molar-refractivity contribution in [3.8, 4) is 5.75 Å². The van der Waals surface area contributed by atoms with Gasteiger partial charge in [0.2, 0.25) is 5.91 Å². The highest BCUT2D eigenvalue weighted by atomic mass is 16.6. The maximum Gasteiger partial charge on any atom is 0.410 e. The van der Waals surface area contributed by atoms with Crippen molar-refractivity contribution in [3.63, 3.8) is 0 Å². The summed E-state index contributed by atoms with van der Waals surface area (Å²) in [6.45, 7) is 16.0. The molecule has 3 atom stereocenters. The molecular formula is C33H50N6O6. The minimum Gasteiger partial charge on any atom is -0.497 e. The molecule has 2 aromatic rings. The van der Waals surface area contributed by atoms with E-state index in [1.807, 2.05) is 78.3 Å². The molecule has 0 bridgehead atoms. The lowest BCUT2D eigenvalue weighted by atomic mass is 10.1. The molecule has 3 fully saturated rings. The molecule has 3 aliphatic heterocycles. The zero-order valence-electron chi connectivity index (χ0n) is 28.0. The van der Waals surface area contributed by atoms with Gasteiger partial charge in [0.25, 0.3) is 5.91 Å². The predicted molar refractivity (Wildman–Crippen MR) is 172 cm³/mol. The normalized spacial score (nSPS) is 23.8. The number of ether oxygens (including phenoxy) is 3. The first kappa shape index (κ1) is 33.0. The molecule has 0 N–H and O–H groups in total. The zero-order valence-corrected chi connectivity index (χ0v) is 28.0. The first-order chi connectivity index (χ1) is 21.3. The maximum absolute atomic E-state index is 13.7. The van der Waals surface area contributed by atoms with Gasteiger partial charge in [0.05, 0.1) is 32.4 Å². The van der Waals surface area contributed by atoms with Gasteiger partial charge in [-0.2, -0.15) is 0 Å². The highest BCUT2D eigenvalue weighted by Crippen LogP contribution is 2.25. The highest BCUT2D eigenvalue weighted by molar-refractivity contribution is 5.99. The van der Waals surface area contributed by atoms with Gasteiger partial charge in [-0.3, -0.25) is 19.4 Å². The smallest absolute Gasteiger partial charge is 0.410 e. The molecule has 0 saturated carbocycles. The van der Waals surface area contributed by atoms with E-state index in [0.717, 1.165) is 29.7 Å². The molecule has 12 heteroatoms. The van der Waals surface area contributed by atoms with Crippen LogP contribution < -0.4 is 4.74 Å². The summed E-state index contributed by atoms with van der Waals surface area (Å²) < 4.78 is 18.7. The summed E-state index contributed by atoms with van der Waals surface area (Å²) in [7, 11) is 3.53. The second-order valence-electron chi connectivity index (χ2n) is 13.7. The number of aryl methyl sites for hydroxylation is 1. The first-order valence-corrected chi connectivity index (χ1v) is 16.1. The molecule has 3 aliphatic rings. The van der Waals surface area contributed by atoms with Crippen LogP contribution in [0, 0.1) is 0 Å². The van der Waals surface area contributed by atoms with Crippen molar-refractivity contribution < 1.29 is 28.6 Å². The average molecular weight is 627 g/mol. The van der Waals surface area contributed by atoms with E-state index in [2.05, 4.69) is 16.7 Å². The molecule has 0 unspecified atom stereocenters. The molecule has 248 valence electrons. The number of nitrogens with zero attached hydrogens (tertiary/aromatic N) is 6. The summed E-state index contributed by atoms with van der Waals surface area (Å²) in [5.74, 6) is 0.764. The highest BCUT2D eigenvalue weighted by Gasteiger charge is 2.39. The maximum atomic E-state index is 13.7. The lowest BCUT2D eigenvalue weighted by Gasteiger charge is -2.48. The number of morpholine rings is 1. The van der Waals surface area contributed by atoms with Crippen LogP contribution in [-0.4, -0.2) is 150 Å². The van der Waals surface area contributed by atoms with E-state index < -0.39 is 5.60 Å². The van der Waals surface area contributed by atoms with E-state index in [-0.39, 0.29) is 42.6 Å². The number of carbonyl (C=O) groups excluding carboxylic acids is 3. The predicted octanol–water partition coefficient (Wildman–Crippen LogP) is 2.50. The van der Waals surface area contributed by atoms with Crippen LogP contribution in [-0.2, 0) is 21.3 Å². The molecule has 0 spiro atoms. The third kappa shape index (κ3) is 7.56. The molecule has 3 saturated heterocycles. The van der Waals surface area contributed by atoms with Crippen molar-refractivity contribution in [1.82, 2.24) is 29.1 Å². The van der Waals surface area contributed by atoms with E-state index in [4.69, 9.17) is 14.2 Å². The molecule has 3 amide bonds. The number of hydrogen-bond donors (Lipinski definition) is 0. The number of amides is 3. The summed E-state index contributed by atoms with van der Waals surface area (Å²) in [4.78, 5) is 50.5. The second-order valence-corrected chi connectivity index (χ2v) is 13.7. The Morgan fingerprint density at radius 1 is 0.933 bits per heavy atom. The minimum absolute atomic E-state index is 0.0221.